The fourth-order valence-corrected chi connectivity index (χ4v) is 5.87. The highest BCUT2D eigenvalue weighted by atomic mass is 16.6. The van der Waals surface area contributed by atoms with E-state index in [0.29, 0.717) is 25.2 Å². The van der Waals surface area contributed by atoms with E-state index >= 15 is 0 Å². The maximum absolute atomic E-state index is 12.5. The van der Waals surface area contributed by atoms with Gasteiger partial charge in [-0.25, -0.2) is 9.78 Å². The molecule has 0 unspecified atom stereocenters. The number of hydrogen-bond acceptors (Lipinski definition) is 5. The number of rotatable bonds is 9. The summed E-state index contributed by atoms with van der Waals surface area (Å²) in [7, 11) is 0. The monoisotopic (exact) mass is 566 g/mol. The molecule has 0 saturated carbocycles. The third-order valence-electron chi connectivity index (χ3n) is 7.67. The first-order valence-electron chi connectivity index (χ1n) is 14.3. The Hall–Kier alpha value is -4.43. The highest BCUT2D eigenvalue weighted by Gasteiger charge is 2.39. The van der Waals surface area contributed by atoms with E-state index in [-0.39, 0.29) is 12.5 Å². The Kier molecular flexibility index (Phi) is 8.45. The highest BCUT2D eigenvalue weighted by Crippen LogP contribution is 2.40. The van der Waals surface area contributed by atoms with Crippen molar-refractivity contribution in [3.8, 4) is 0 Å². The van der Waals surface area contributed by atoms with Gasteiger partial charge in [-0.2, -0.15) is 0 Å². The molecule has 0 radical (unpaired) electrons. The summed E-state index contributed by atoms with van der Waals surface area (Å²) in [4.78, 5) is 31.4. The van der Waals surface area contributed by atoms with Gasteiger partial charge in [0, 0.05) is 31.7 Å². The molecule has 0 aliphatic carbocycles. The van der Waals surface area contributed by atoms with Gasteiger partial charge in [-0.1, -0.05) is 91.0 Å². The zero-order chi connectivity index (χ0) is 29.7. The van der Waals surface area contributed by atoms with Gasteiger partial charge >= 0.3 is 12.1 Å². The quantitative estimate of drug-likeness (QED) is 0.266. The van der Waals surface area contributed by atoms with Crippen LogP contribution in [0.25, 0.3) is 0 Å². The molecule has 1 aliphatic heterocycles. The Labute approximate surface area is 247 Å². The maximum Gasteiger partial charge on any atom is 0.407 e. The average Bonchev–Trinajstić information content (AvgIpc) is 3.63. The number of ether oxygens (including phenoxy) is 1. The number of aromatic nitrogens is 2. The number of imidazole rings is 1. The Morgan fingerprint density at radius 1 is 0.929 bits per heavy atom. The minimum Gasteiger partial charge on any atom is -0.480 e. The van der Waals surface area contributed by atoms with Crippen LogP contribution >= 0.6 is 0 Å². The number of carbonyl (C=O) groups is 2. The maximum atomic E-state index is 12.5. The van der Waals surface area contributed by atoms with Gasteiger partial charge < -0.3 is 19.7 Å². The van der Waals surface area contributed by atoms with Crippen LogP contribution in [0.1, 0.15) is 49.6 Å². The molecule has 0 bridgehead atoms. The van der Waals surface area contributed by atoms with E-state index in [0.717, 1.165) is 16.7 Å². The van der Waals surface area contributed by atoms with Crippen molar-refractivity contribution in [3.63, 3.8) is 0 Å². The van der Waals surface area contributed by atoms with E-state index in [9.17, 15) is 14.7 Å². The first-order valence-corrected chi connectivity index (χ1v) is 14.3. The van der Waals surface area contributed by atoms with Gasteiger partial charge in [0.15, 0.2) is 0 Å². The lowest BCUT2D eigenvalue weighted by Crippen LogP contribution is -2.45. The Morgan fingerprint density at radius 3 is 1.93 bits per heavy atom. The molecule has 8 heteroatoms. The second-order valence-electron chi connectivity index (χ2n) is 11.8. The van der Waals surface area contributed by atoms with E-state index in [1.807, 2.05) is 86.5 Å². The van der Waals surface area contributed by atoms with Gasteiger partial charge in [0.25, 0.3) is 0 Å². The molecule has 8 nitrogen and oxygen atoms in total. The third-order valence-corrected chi connectivity index (χ3v) is 7.67. The van der Waals surface area contributed by atoms with Crippen LogP contribution in [0.5, 0.6) is 0 Å². The normalized spacial score (nSPS) is 16.6. The fourth-order valence-electron chi connectivity index (χ4n) is 5.87. The summed E-state index contributed by atoms with van der Waals surface area (Å²) in [5, 5.41) is 13.1. The van der Waals surface area contributed by atoms with Crippen LogP contribution in [-0.2, 0) is 21.5 Å². The number of nitrogens with one attached hydrogen (secondary N) is 1. The molecule has 2 atom stereocenters. The van der Waals surface area contributed by atoms with Gasteiger partial charge in [0.05, 0.1) is 12.0 Å². The molecule has 0 spiro atoms. The van der Waals surface area contributed by atoms with Gasteiger partial charge in [0.1, 0.15) is 17.2 Å². The van der Waals surface area contributed by atoms with Crippen LogP contribution in [0.3, 0.4) is 0 Å². The van der Waals surface area contributed by atoms with Crippen molar-refractivity contribution in [2.24, 2.45) is 0 Å². The molecule has 42 heavy (non-hydrogen) atoms. The molecule has 2 heterocycles. The Bertz CT molecular complexity index is 1390. The number of carboxylic acid groups (broad SMARTS) is 1. The summed E-state index contributed by atoms with van der Waals surface area (Å²) < 4.78 is 7.48. The topological polar surface area (TPSA) is 96.7 Å². The largest absolute Gasteiger partial charge is 0.480 e. The SMILES string of the molecule is CC(C)(C)OC(=O)N[C@@H]1CCN([C@@H](Cc2cn(C(c3ccccc3)(c3ccccc3)c3ccccc3)cn2)C(=O)O)C1. The minimum atomic E-state index is -0.914. The molecule has 3 aromatic carbocycles. The van der Waals surface area contributed by atoms with Crippen molar-refractivity contribution in [2.45, 2.75) is 56.8 Å². The molecule has 1 fully saturated rings. The summed E-state index contributed by atoms with van der Waals surface area (Å²) in [5.74, 6) is -0.914. The molecule has 2 N–H and O–H groups in total. The number of benzene rings is 3. The lowest BCUT2D eigenvalue weighted by molar-refractivity contribution is -0.142. The molecular formula is C34H38N4O4. The van der Waals surface area contributed by atoms with Gasteiger partial charge in [-0.15, -0.1) is 0 Å². The average molecular weight is 567 g/mol. The van der Waals surface area contributed by atoms with Crippen LogP contribution in [0.4, 0.5) is 4.79 Å². The first-order chi connectivity index (χ1) is 20.2. The molecule has 1 aliphatic rings. The summed E-state index contributed by atoms with van der Waals surface area (Å²) in [6.45, 7) is 6.43. The minimum absolute atomic E-state index is 0.179. The summed E-state index contributed by atoms with van der Waals surface area (Å²) >= 11 is 0. The lowest BCUT2D eigenvalue weighted by atomic mass is 9.77. The zero-order valence-electron chi connectivity index (χ0n) is 24.3. The Morgan fingerprint density at radius 2 is 1.45 bits per heavy atom. The van der Waals surface area contributed by atoms with Crippen LogP contribution in [-0.4, -0.2) is 62.4 Å². The molecule has 4 aromatic rings. The van der Waals surface area contributed by atoms with Gasteiger partial charge in [0.2, 0.25) is 0 Å². The number of carbonyl (C=O) groups excluding carboxylic acids is 1. The van der Waals surface area contributed by atoms with E-state index in [4.69, 9.17) is 9.72 Å². The number of aliphatic carboxylic acids is 1. The second kappa shape index (κ2) is 12.2. The predicted molar refractivity (Wildman–Crippen MR) is 161 cm³/mol. The molecule has 1 aromatic heterocycles. The molecule has 1 saturated heterocycles. The number of alkyl carbamates (subject to hydrolysis) is 1. The summed E-state index contributed by atoms with van der Waals surface area (Å²) in [6.07, 6.45) is 4.17. The number of hydrogen-bond donors (Lipinski definition) is 2. The van der Waals surface area contributed by atoms with E-state index in [1.54, 1.807) is 6.33 Å². The third kappa shape index (κ3) is 6.24. The van der Waals surface area contributed by atoms with Crippen LogP contribution in [0.15, 0.2) is 104 Å². The summed E-state index contributed by atoms with van der Waals surface area (Å²) in [5.41, 5.74) is 2.56. The van der Waals surface area contributed by atoms with Crippen molar-refractivity contribution >= 4 is 12.1 Å². The Balaban J connectivity index is 1.45. The van der Waals surface area contributed by atoms with Crippen molar-refractivity contribution in [1.29, 1.82) is 0 Å². The standard InChI is InChI=1S/C34H38N4O4/c1-33(2,3)42-32(41)36-28-19-20-37(22-28)30(31(39)40)21-29-23-38(24-35-29)34(25-13-7-4-8-14-25,26-15-9-5-10-16-26)27-17-11-6-12-18-27/h4-18,23-24,28,30H,19-22H2,1-3H3,(H,36,41)(H,39,40)/t28-,30+/m1/s1. The number of amides is 1. The van der Waals surface area contributed by atoms with Gasteiger partial charge in [-0.05, 0) is 43.9 Å². The number of carboxylic acids is 1. The van der Waals surface area contributed by atoms with Gasteiger partial charge in [-0.3, -0.25) is 9.69 Å². The van der Waals surface area contributed by atoms with Crippen LogP contribution in [0, 0.1) is 0 Å². The van der Waals surface area contributed by atoms with Crippen LogP contribution < -0.4 is 5.32 Å². The zero-order valence-corrected chi connectivity index (χ0v) is 24.3. The first kappa shape index (κ1) is 29.1. The van der Waals surface area contributed by atoms with E-state index in [2.05, 4.69) is 46.3 Å². The van der Waals surface area contributed by atoms with Crippen molar-refractivity contribution in [3.05, 3.63) is 126 Å². The van der Waals surface area contributed by atoms with E-state index < -0.39 is 29.2 Å². The molecule has 5 rings (SSSR count). The second-order valence-corrected chi connectivity index (χ2v) is 11.8. The molecular weight excluding hydrogens is 528 g/mol. The predicted octanol–water partition coefficient (Wildman–Crippen LogP) is 5.32. The molecule has 218 valence electrons. The smallest absolute Gasteiger partial charge is 0.407 e. The van der Waals surface area contributed by atoms with Crippen molar-refractivity contribution < 1.29 is 19.4 Å². The lowest BCUT2D eigenvalue weighted by Gasteiger charge is -2.37. The van der Waals surface area contributed by atoms with Crippen molar-refractivity contribution in [2.75, 3.05) is 13.1 Å². The fraction of sp³-hybridized carbons (Fsp3) is 0.324. The summed E-state index contributed by atoms with van der Waals surface area (Å²) in [6, 6.07) is 29.9. The van der Waals surface area contributed by atoms with E-state index in [1.165, 1.54) is 0 Å². The highest BCUT2D eigenvalue weighted by molar-refractivity contribution is 5.74. The number of nitrogens with zero attached hydrogens (tertiary/aromatic N) is 3. The number of likely N-dealkylation sites (tertiary alicyclic amines) is 1. The molecule has 1 amide bonds. The van der Waals surface area contributed by atoms with Crippen molar-refractivity contribution in [1.82, 2.24) is 19.8 Å². The van der Waals surface area contributed by atoms with Crippen LogP contribution in [0.2, 0.25) is 0 Å².